The Labute approximate surface area is 172 Å². The topological polar surface area (TPSA) is 170 Å². The van der Waals surface area contributed by atoms with Crippen molar-refractivity contribution in [3.8, 4) is 6.19 Å². The van der Waals surface area contributed by atoms with Crippen molar-refractivity contribution >= 4 is 35.1 Å². The Hall–Kier alpha value is -4.39. The lowest BCUT2D eigenvalue weighted by Gasteiger charge is -2.09. The molecule has 0 saturated carbocycles. The highest BCUT2D eigenvalue weighted by molar-refractivity contribution is 6.00. The number of carboxylic acid groups (broad SMARTS) is 1. The molecule has 2 aromatic carbocycles. The average Bonchev–Trinajstić information content (AvgIpc) is 2.71. The zero-order chi connectivity index (χ0) is 21.9. The zero-order valence-corrected chi connectivity index (χ0v) is 15.9. The van der Waals surface area contributed by atoms with Gasteiger partial charge in [-0.05, 0) is 42.3 Å². The second-order valence-electron chi connectivity index (χ2n) is 6.13. The summed E-state index contributed by atoms with van der Waals surface area (Å²) in [6.07, 6.45) is 1.89. The van der Waals surface area contributed by atoms with Gasteiger partial charge in [-0.3, -0.25) is 14.4 Å². The first-order chi connectivity index (χ1) is 14.4. The van der Waals surface area contributed by atoms with Crippen LogP contribution in [0.5, 0.6) is 0 Å². The lowest BCUT2D eigenvalue weighted by Crippen LogP contribution is -2.33. The number of anilines is 2. The number of hydrogen-bond acceptors (Lipinski definition) is 5. The molecule has 6 N–H and O–H groups in total. The van der Waals surface area contributed by atoms with Gasteiger partial charge < -0.3 is 26.8 Å². The fourth-order valence-corrected chi connectivity index (χ4v) is 2.49. The number of nitrogens with two attached hydrogens (primary N) is 1. The van der Waals surface area contributed by atoms with E-state index in [2.05, 4.69) is 20.9 Å². The molecule has 0 aliphatic heterocycles. The number of aryl methyl sites for hydroxylation is 1. The summed E-state index contributed by atoms with van der Waals surface area (Å²) in [6.45, 7) is -0.256. The molecule has 0 unspecified atom stereocenters. The third kappa shape index (κ3) is 7.32. The van der Waals surface area contributed by atoms with E-state index in [4.69, 9.17) is 16.1 Å². The van der Waals surface area contributed by atoms with Crippen LogP contribution in [0.1, 0.15) is 22.3 Å². The minimum Gasteiger partial charge on any atom is -0.481 e. The number of nitrogens with zero attached hydrogens (tertiary/aromatic N) is 2. The lowest BCUT2D eigenvalue weighted by atomic mass is 10.1. The molecule has 2 aromatic rings. The molecule has 10 heteroatoms. The molecule has 0 heterocycles. The number of carboxylic acids is 1. The van der Waals surface area contributed by atoms with Gasteiger partial charge in [0.2, 0.25) is 18.1 Å². The largest absolute Gasteiger partial charge is 0.481 e. The van der Waals surface area contributed by atoms with E-state index in [1.54, 1.807) is 48.7 Å². The molecule has 0 aliphatic rings. The summed E-state index contributed by atoms with van der Waals surface area (Å²) in [6, 6.07) is 13.2. The molecule has 154 valence electrons. The lowest BCUT2D eigenvalue weighted by molar-refractivity contribution is -0.137. The third-order valence-corrected chi connectivity index (χ3v) is 3.82. The summed E-state index contributed by atoms with van der Waals surface area (Å²) in [5, 5.41) is 25.0. The molecule has 2 amide bonds. The van der Waals surface area contributed by atoms with E-state index in [1.807, 2.05) is 0 Å². The Morgan fingerprint density at radius 1 is 1.07 bits per heavy atom. The number of amides is 2. The maximum Gasteiger partial charge on any atom is 0.303 e. The Kier molecular flexibility index (Phi) is 7.90. The predicted octanol–water partition coefficient (Wildman–Crippen LogP) is 1.28. The van der Waals surface area contributed by atoms with Crippen molar-refractivity contribution in [3.05, 3.63) is 59.7 Å². The van der Waals surface area contributed by atoms with E-state index >= 15 is 0 Å². The van der Waals surface area contributed by atoms with E-state index in [0.717, 1.165) is 5.56 Å². The van der Waals surface area contributed by atoms with Crippen LogP contribution in [-0.4, -0.2) is 35.4 Å². The molecule has 2 rings (SSSR count). The summed E-state index contributed by atoms with van der Waals surface area (Å²) < 4.78 is 0. The van der Waals surface area contributed by atoms with Crippen LogP contribution in [0.15, 0.2) is 53.5 Å². The molecular weight excluding hydrogens is 388 g/mol. The normalized spacial score (nSPS) is 10.6. The number of guanidine groups is 1. The molecule has 30 heavy (non-hydrogen) atoms. The van der Waals surface area contributed by atoms with Crippen molar-refractivity contribution in [2.75, 3.05) is 17.2 Å². The molecule has 0 aromatic heterocycles. The standard InChI is InChI=1S/C20H20N6O4/c21-12-24-20(22)26-16-6-2-4-14(10-16)19(30)23-11-17(27)25-15-5-1-3-13(9-15)7-8-18(28)29/h1-6,9-10H,7-8,11H2,(H,23,30)(H,25,27)(H,28,29)(H3,22,24,26). The second-order valence-corrected chi connectivity index (χ2v) is 6.13. The van der Waals surface area contributed by atoms with Gasteiger partial charge in [0, 0.05) is 23.4 Å². The number of aliphatic carboxylic acids is 1. The van der Waals surface area contributed by atoms with Crippen molar-refractivity contribution < 1.29 is 19.5 Å². The minimum absolute atomic E-state index is 0.00457. The van der Waals surface area contributed by atoms with Gasteiger partial charge in [0.05, 0.1) is 6.54 Å². The zero-order valence-electron chi connectivity index (χ0n) is 15.9. The van der Waals surface area contributed by atoms with E-state index in [9.17, 15) is 14.4 Å². The van der Waals surface area contributed by atoms with Gasteiger partial charge in [0.15, 0.2) is 0 Å². The number of hydrogen-bond donors (Lipinski definition) is 5. The molecule has 0 spiro atoms. The van der Waals surface area contributed by atoms with Crippen LogP contribution in [0.4, 0.5) is 11.4 Å². The Morgan fingerprint density at radius 2 is 1.77 bits per heavy atom. The average molecular weight is 408 g/mol. The SMILES string of the molecule is N#CN=C(N)Nc1cccc(C(=O)NCC(=O)Nc2cccc(CCC(=O)O)c2)c1. The number of rotatable bonds is 8. The van der Waals surface area contributed by atoms with Crippen LogP contribution in [0, 0.1) is 11.5 Å². The summed E-state index contributed by atoms with van der Waals surface area (Å²) in [7, 11) is 0. The molecule has 10 nitrogen and oxygen atoms in total. The Bertz CT molecular complexity index is 1010. The van der Waals surface area contributed by atoms with Gasteiger partial charge in [-0.25, -0.2) is 0 Å². The molecule has 0 atom stereocenters. The first kappa shape index (κ1) is 21.9. The van der Waals surface area contributed by atoms with Gasteiger partial charge in [-0.1, -0.05) is 18.2 Å². The van der Waals surface area contributed by atoms with Gasteiger partial charge in [-0.2, -0.15) is 5.26 Å². The first-order valence-electron chi connectivity index (χ1n) is 8.85. The van der Waals surface area contributed by atoms with Crippen molar-refractivity contribution in [1.82, 2.24) is 5.32 Å². The summed E-state index contributed by atoms with van der Waals surface area (Å²) >= 11 is 0. The molecule has 0 radical (unpaired) electrons. The molecule has 0 saturated heterocycles. The van der Waals surface area contributed by atoms with Crippen LogP contribution in [-0.2, 0) is 16.0 Å². The van der Waals surface area contributed by atoms with Gasteiger partial charge >= 0.3 is 5.97 Å². The summed E-state index contributed by atoms with van der Waals surface area (Å²) in [5.41, 5.74) is 7.53. The van der Waals surface area contributed by atoms with Crippen molar-refractivity contribution in [3.63, 3.8) is 0 Å². The minimum atomic E-state index is -0.897. The van der Waals surface area contributed by atoms with E-state index in [-0.39, 0.29) is 24.5 Å². The number of carbonyl (C=O) groups excluding carboxylic acids is 2. The summed E-state index contributed by atoms with van der Waals surface area (Å²) in [5.74, 6) is -1.91. The third-order valence-electron chi connectivity index (χ3n) is 3.82. The maximum atomic E-state index is 12.3. The van der Waals surface area contributed by atoms with E-state index < -0.39 is 17.8 Å². The summed E-state index contributed by atoms with van der Waals surface area (Å²) in [4.78, 5) is 38.4. The highest BCUT2D eigenvalue weighted by Gasteiger charge is 2.10. The van der Waals surface area contributed by atoms with Crippen molar-refractivity contribution in [1.29, 1.82) is 5.26 Å². The van der Waals surface area contributed by atoms with Crippen molar-refractivity contribution in [2.24, 2.45) is 10.7 Å². The maximum absolute atomic E-state index is 12.3. The smallest absolute Gasteiger partial charge is 0.303 e. The quantitative estimate of drug-likeness (QED) is 0.249. The molecular formula is C20H20N6O4. The second kappa shape index (κ2) is 10.8. The number of nitriles is 1. The van der Waals surface area contributed by atoms with Gasteiger partial charge in [0.1, 0.15) is 0 Å². The van der Waals surface area contributed by atoms with Crippen LogP contribution >= 0.6 is 0 Å². The molecule has 0 bridgehead atoms. The Morgan fingerprint density at radius 3 is 2.47 bits per heavy atom. The van der Waals surface area contributed by atoms with Crippen LogP contribution < -0.4 is 21.7 Å². The molecule has 0 aliphatic carbocycles. The van der Waals surface area contributed by atoms with Gasteiger partial charge in [0.25, 0.3) is 5.91 Å². The van der Waals surface area contributed by atoms with Crippen LogP contribution in [0.25, 0.3) is 0 Å². The van der Waals surface area contributed by atoms with E-state index in [0.29, 0.717) is 17.8 Å². The fraction of sp³-hybridized carbons (Fsp3) is 0.150. The predicted molar refractivity (Wildman–Crippen MR) is 111 cm³/mol. The fourth-order valence-electron chi connectivity index (χ4n) is 2.49. The molecule has 0 fully saturated rings. The number of aliphatic imine (C=N–C) groups is 1. The number of nitrogens with one attached hydrogen (secondary N) is 3. The van der Waals surface area contributed by atoms with E-state index in [1.165, 1.54) is 6.07 Å². The van der Waals surface area contributed by atoms with Crippen LogP contribution in [0.2, 0.25) is 0 Å². The Balaban J connectivity index is 1.90. The van der Waals surface area contributed by atoms with Gasteiger partial charge in [-0.15, -0.1) is 4.99 Å². The highest BCUT2D eigenvalue weighted by Crippen LogP contribution is 2.13. The number of carbonyl (C=O) groups is 3. The first-order valence-corrected chi connectivity index (χ1v) is 8.85. The highest BCUT2D eigenvalue weighted by atomic mass is 16.4. The van der Waals surface area contributed by atoms with Crippen LogP contribution in [0.3, 0.4) is 0 Å². The number of benzene rings is 2. The monoisotopic (exact) mass is 408 g/mol. The van der Waals surface area contributed by atoms with Crippen molar-refractivity contribution in [2.45, 2.75) is 12.8 Å².